The van der Waals surface area contributed by atoms with Gasteiger partial charge in [-0.25, -0.2) is 4.98 Å². The number of aryl methyl sites for hydroxylation is 1. The first kappa shape index (κ1) is 16.0. The topological polar surface area (TPSA) is 12.9 Å². The van der Waals surface area contributed by atoms with Crippen LogP contribution in [0.15, 0.2) is 84.9 Å². The smallest absolute Gasteiger partial charge is 0.0938 e. The van der Waals surface area contributed by atoms with Crippen LogP contribution in [0.1, 0.15) is 34.9 Å². The van der Waals surface area contributed by atoms with E-state index in [1.807, 2.05) is 11.3 Å². The summed E-state index contributed by atoms with van der Waals surface area (Å²) in [6.45, 7) is 0. The van der Waals surface area contributed by atoms with Crippen LogP contribution in [0.5, 0.6) is 0 Å². The number of rotatable bonds is 6. The van der Waals surface area contributed by atoms with Gasteiger partial charge in [0.05, 0.1) is 15.2 Å². The first-order valence-corrected chi connectivity index (χ1v) is 9.66. The molecule has 0 saturated carbocycles. The number of hydrogen-bond acceptors (Lipinski definition) is 2. The van der Waals surface area contributed by atoms with Crippen molar-refractivity contribution >= 4 is 21.6 Å². The van der Waals surface area contributed by atoms with Crippen molar-refractivity contribution < 1.29 is 0 Å². The van der Waals surface area contributed by atoms with E-state index in [1.54, 1.807) is 0 Å². The van der Waals surface area contributed by atoms with E-state index in [2.05, 4.69) is 84.9 Å². The number of benzene rings is 3. The summed E-state index contributed by atoms with van der Waals surface area (Å²) >= 11 is 1.83. The Morgan fingerprint density at radius 2 is 1.32 bits per heavy atom. The first-order chi connectivity index (χ1) is 12.4. The molecule has 0 aliphatic rings. The lowest BCUT2D eigenvalue weighted by molar-refractivity contribution is 0.660. The van der Waals surface area contributed by atoms with E-state index in [-0.39, 0.29) is 0 Å². The number of para-hydroxylation sites is 1. The van der Waals surface area contributed by atoms with Crippen LogP contribution in [0, 0.1) is 0 Å². The molecule has 1 heterocycles. The Morgan fingerprint density at radius 1 is 0.720 bits per heavy atom. The Kier molecular flexibility index (Phi) is 4.89. The van der Waals surface area contributed by atoms with Crippen LogP contribution in [0.2, 0.25) is 0 Å². The normalized spacial score (nSPS) is 11.2. The average molecular weight is 343 g/mol. The molecule has 0 radical (unpaired) electrons. The van der Waals surface area contributed by atoms with Gasteiger partial charge in [0, 0.05) is 5.92 Å². The molecule has 1 aromatic heterocycles. The predicted octanol–water partition coefficient (Wildman–Crippen LogP) is 6.45. The fourth-order valence-electron chi connectivity index (χ4n) is 3.38. The van der Waals surface area contributed by atoms with Gasteiger partial charge in [0.15, 0.2) is 0 Å². The van der Waals surface area contributed by atoms with E-state index in [1.165, 1.54) is 20.8 Å². The Bertz CT molecular complexity index is 855. The third-order valence-corrected chi connectivity index (χ3v) is 5.72. The minimum Gasteiger partial charge on any atom is -0.241 e. The molecule has 0 unspecified atom stereocenters. The predicted molar refractivity (Wildman–Crippen MR) is 107 cm³/mol. The lowest BCUT2D eigenvalue weighted by atomic mass is 9.87. The standard InChI is InChI=1S/C23H21NS/c1-3-10-18(11-4-1)20(19-12-5-2-6-13-19)14-9-17-23-24-21-15-7-8-16-22(21)25-23/h1-8,10-13,15-16,20H,9,14,17H2. The molecule has 0 aliphatic carbocycles. The van der Waals surface area contributed by atoms with E-state index < -0.39 is 0 Å². The summed E-state index contributed by atoms with van der Waals surface area (Å²) in [6, 6.07) is 30.1. The number of hydrogen-bond donors (Lipinski definition) is 0. The second-order valence-corrected chi connectivity index (χ2v) is 7.46. The van der Waals surface area contributed by atoms with E-state index in [0.29, 0.717) is 5.92 Å². The van der Waals surface area contributed by atoms with Crippen LogP contribution in [-0.2, 0) is 6.42 Å². The van der Waals surface area contributed by atoms with Gasteiger partial charge in [-0.2, -0.15) is 0 Å². The molecule has 0 spiro atoms. The molecule has 0 bridgehead atoms. The van der Waals surface area contributed by atoms with Gasteiger partial charge in [-0.3, -0.25) is 0 Å². The van der Waals surface area contributed by atoms with Crippen molar-refractivity contribution in [1.82, 2.24) is 4.98 Å². The number of nitrogens with zero attached hydrogens (tertiary/aromatic N) is 1. The maximum atomic E-state index is 4.77. The van der Waals surface area contributed by atoms with Crippen molar-refractivity contribution in [1.29, 1.82) is 0 Å². The molecule has 25 heavy (non-hydrogen) atoms. The number of fused-ring (bicyclic) bond motifs is 1. The van der Waals surface area contributed by atoms with E-state index in [9.17, 15) is 0 Å². The van der Waals surface area contributed by atoms with Gasteiger partial charge < -0.3 is 0 Å². The van der Waals surface area contributed by atoms with Crippen LogP contribution in [0.25, 0.3) is 10.2 Å². The summed E-state index contributed by atoms with van der Waals surface area (Å²) in [5, 5.41) is 1.25. The van der Waals surface area contributed by atoms with Gasteiger partial charge in [-0.15, -0.1) is 11.3 Å². The molecule has 4 aromatic rings. The monoisotopic (exact) mass is 343 g/mol. The molecule has 2 heteroatoms. The Morgan fingerprint density at radius 3 is 1.96 bits per heavy atom. The van der Waals surface area contributed by atoms with E-state index in [4.69, 9.17) is 4.98 Å². The third-order valence-electron chi connectivity index (χ3n) is 4.63. The third kappa shape index (κ3) is 3.80. The van der Waals surface area contributed by atoms with Crippen LogP contribution in [0.4, 0.5) is 0 Å². The summed E-state index contributed by atoms with van der Waals surface area (Å²) < 4.78 is 1.29. The molecule has 0 N–H and O–H groups in total. The fraction of sp³-hybridized carbons (Fsp3) is 0.174. The van der Waals surface area contributed by atoms with Gasteiger partial charge in [0.25, 0.3) is 0 Å². The fourth-order valence-corrected chi connectivity index (χ4v) is 4.39. The Labute approximate surface area is 153 Å². The molecule has 4 rings (SSSR count). The van der Waals surface area contributed by atoms with Gasteiger partial charge in [0.1, 0.15) is 0 Å². The maximum Gasteiger partial charge on any atom is 0.0938 e. The summed E-state index contributed by atoms with van der Waals surface area (Å²) in [5.74, 6) is 0.455. The minimum absolute atomic E-state index is 0.455. The van der Waals surface area contributed by atoms with Gasteiger partial charge >= 0.3 is 0 Å². The zero-order valence-corrected chi connectivity index (χ0v) is 15.0. The van der Waals surface area contributed by atoms with Crippen molar-refractivity contribution in [3.63, 3.8) is 0 Å². The number of aromatic nitrogens is 1. The summed E-state index contributed by atoms with van der Waals surface area (Å²) in [6.07, 6.45) is 3.34. The number of thiazole rings is 1. The zero-order valence-electron chi connectivity index (χ0n) is 14.1. The van der Waals surface area contributed by atoms with Crippen LogP contribution in [0.3, 0.4) is 0 Å². The van der Waals surface area contributed by atoms with Crippen LogP contribution >= 0.6 is 11.3 Å². The molecule has 124 valence electrons. The van der Waals surface area contributed by atoms with E-state index in [0.717, 1.165) is 24.8 Å². The zero-order chi connectivity index (χ0) is 16.9. The van der Waals surface area contributed by atoms with Crippen LogP contribution < -0.4 is 0 Å². The van der Waals surface area contributed by atoms with Crippen molar-refractivity contribution in [2.75, 3.05) is 0 Å². The van der Waals surface area contributed by atoms with Gasteiger partial charge in [-0.1, -0.05) is 72.8 Å². The minimum atomic E-state index is 0.455. The second kappa shape index (κ2) is 7.62. The Balaban J connectivity index is 1.49. The SMILES string of the molecule is c1ccc(C(CCCc2nc3ccccc3s2)c2ccccc2)cc1. The van der Waals surface area contributed by atoms with Crippen molar-refractivity contribution in [2.24, 2.45) is 0 Å². The highest BCUT2D eigenvalue weighted by Gasteiger charge is 2.14. The average Bonchev–Trinajstić information content (AvgIpc) is 3.09. The Hall–Kier alpha value is -2.45. The molecule has 3 aromatic carbocycles. The highest BCUT2D eigenvalue weighted by molar-refractivity contribution is 7.18. The molecule has 0 saturated heterocycles. The molecule has 0 fully saturated rings. The van der Waals surface area contributed by atoms with Gasteiger partial charge in [0.2, 0.25) is 0 Å². The largest absolute Gasteiger partial charge is 0.241 e. The highest BCUT2D eigenvalue weighted by Crippen LogP contribution is 2.30. The molecule has 0 aliphatic heterocycles. The van der Waals surface area contributed by atoms with E-state index >= 15 is 0 Å². The lowest BCUT2D eigenvalue weighted by Crippen LogP contribution is -2.02. The van der Waals surface area contributed by atoms with Crippen molar-refractivity contribution in [3.8, 4) is 0 Å². The quantitative estimate of drug-likeness (QED) is 0.392. The second-order valence-electron chi connectivity index (χ2n) is 6.34. The van der Waals surface area contributed by atoms with Crippen molar-refractivity contribution in [2.45, 2.75) is 25.2 Å². The molecule has 0 amide bonds. The molecular formula is C23H21NS. The summed E-state index contributed by atoms with van der Waals surface area (Å²) in [5.41, 5.74) is 3.93. The summed E-state index contributed by atoms with van der Waals surface area (Å²) in [4.78, 5) is 4.77. The van der Waals surface area contributed by atoms with Gasteiger partial charge in [-0.05, 0) is 42.5 Å². The molecule has 0 atom stereocenters. The van der Waals surface area contributed by atoms with Crippen LogP contribution in [-0.4, -0.2) is 4.98 Å². The molecular weight excluding hydrogens is 322 g/mol. The first-order valence-electron chi connectivity index (χ1n) is 8.84. The lowest BCUT2D eigenvalue weighted by Gasteiger charge is -2.17. The summed E-state index contributed by atoms with van der Waals surface area (Å²) in [7, 11) is 0. The van der Waals surface area contributed by atoms with Crippen molar-refractivity contribution in [3.05, 3.63) is 101 Å². The molecule has 1 nitrogen and oxygen atoms in total. The maximum absolute atomic E-state index is 4.77. The highest BCUT2D eigenvalue weighted by atomic mass is 32.1.